The monoisotopic (exact) mass is 336 g/mol. The lowest BCUT2D eigenvalue weighted by molar-refractivity contribution is 0.0389. The average molecular weight is 336 g/mol. The molecule has 1 aliphatic heterocycles. The molecule has 1 aromatic heterocycles. The summed E-state index contributed by atoms with van der Waals surface area (Å²) in [5, 5.41) is 8.24. The summed E-state index contributed by atoms with van der Waals surface area (Å²) in [7, 11) is 0. The lowest BCUT2D eigenvalue weighted by Gasteiger charge is -2.26. The van der Waals surface area contributed by atoms with Crippen molar-refractivity contribution in [3.8, 4) is 0 Å². The van der Waals surface area contributed by atoms with E-state index in [1.807, 2.05) is 19.1 Å². The van der Waals surface area contributed by atoms with Crippen molar-refractivity contribution in [1.82, 2.24) is 15.2 Å². The van der Waals surface area contributed by atoms with Crippen LogP contribution in [0.15, 0.2) is 18.2 Å². The number of hydrogen-bond donors (Lipinski definition) is 2. The molecule has 0 unspecified atom stereocenters. The summed E-state index contributed by atoms with van der Waals surface area (Å²) >= 11 is 7.05. The quantitative estimate of drug-likeness (QED) is 0.835. The fraction of sp³-hybridized carbons (Fsp3) is 0.467. The molecule has 0 saturated carbocycles. The van der Waals surface area contributed by atoms with Crippen LogP contribution in [0.3, 0.4) is 0 Å². The smallest absolute Gasteiger partial charge is 0.170 e. The summed E-state index contributed by atoms with van der Waals surface area (Å²) in [5.74, 6) is 0. The third-order valence-corrected chi connectivity index (χ3v) is 4.75. The molecular weight excluding hydrogens is 316 g/mol. The number of benzene rings is 1. The van der Waals surface area contributed by atoms with E-state index >= 15 is 0 Å². The zero-order chi connectivity index (χ0) is 15.4. The number of rotatable bonds is 4. The van der Waals surface area contributed by atoms with E-state index in [2.05, 4.69) is 26.6 Å². The highest BCUT2D eigenvalue weighted by molar-refractivity contribution is 7.80. The Balaban J connectivity index is 1.47. The predicted molar refractivity (Wildman–Crippen MR) is 95.8 cm³/mol. The number of nitrogens with zero attached hydrogens (tertiary/aromatic N) is 2. The van der Waals surface area contributed by atoms with Gasteiger partial charge in [0.2, 0.25) is 0 Å². The number of thiazole rings is 1. The first-order valence-electron chi connectivity index (χ1n) is 7.43. The van der Waals surface area contributed by atoms with E-state index in [9.17, 15) is 0 Å². The number of anilines is 1. The molecule has 2 heterocycles. The molecule has 3 rings (SSSR count). The number of ether oxygens (including phenoxy) is 1. The van der Waals surface area contributed by atoms with Crippen molar-refractivity contribution in [2.45, 2.75) is 6.92 Å². The van der Waals surface area contributed by atoms with E-state index in [0.29, 0.717) is 5.11 Å². The molecule has 0 bridgehead atoms. The van der Waals surface area contributed by atoms with Gasteiger partial charge in [0.15, 0.2) is 5.11 Å². The number of thiocarbonyl (C=S) groups is 1. The summed E-state index contributed by atoms with van der Waals surface area (Å²) in [4.78, 5) is 6.84. The van der Waals surface area contributed by atoms with Gasteiger partial charge in [0.25, 0.3) is 0 Å². The molecule has 118 valence electrons. The van der Waals surface area contributed by atoms with Gasteiger partial charge in [-0.2, -0.15) is 0 Å². The molecule has 1 aliphatic rings. The van der Waals surface area contributed by atoms with E-state index in [1.54, 1.807) is 11.3 Å². The number of hydrogen-bond acceptors (Lipinski definition) is 5. The van der Waals surface area contributed by atoms with Crippen molar-refractivity contribution in [1.29, 1.82) is 0 Å². The largest absolute Gasteiger partial charge is 0.379 e. The van der Waals surface area contributed by atoms with Gasteiger partial charge in [-0.25, -0.2) is 4.98 Å². The highest BCUT2D eigenvalue weighted by Gasteiger charge is 2.09. The zero-order valence-electron chi connectivity index (χ0n) is 12.6. The predicted octanol–water partition coefficient (Wildman–Crippen LogP) is 2.22. The van der Waals surface area contributed by atoms with Crippen LogP contribution in [-0.4, -0.2) is 54.4 Å². The molecule has 0 aliphatic carbocycles. The minimum Gasteiger partial charge on any atom is -0.379 e. The first kappa shape index (κ1) is 15.6. The molecule has 1 saturated heterocycles. The van der Waals surface area contributed by atoms with Crippen LogP contribution < -0.4 is 10.6 Å². The van der Waals surface area contributed by atoms with Gasteiger partial charge in [0.1, 0.15) is 0 Å². The SMILES string of the molecule is Cc1nc2ccc(NC(=S)NCCN3CCOCC3)cc2s1. The second-order valence-corrected chi connectivity index (χ2v) is 6.89. The first-order chi connectivity index (χ1) is 10.7. The van der Waals surface area contributed by atoms with Gasteiger partial charge in [0, 0.05) is 31.9 Å². The molecular formula is C15H20N4OS2. The molecule has 0 radical (unpaired) electrons. The van der Waals surface area contributed by atoms with Crippen molar-refractivity contribution < 1.29 is 4.74 Å². The summed E-state index contributed by atoms with van der Waals surface area (Å²) in [5.41, 5.74) is 2.04. The molecule has 0 atom stereocenters. The van der Waals surface area contributed by atoms with E-state index in [4.69, 9.17) is 17.0 Å². The van der Waals surface area contributed by atoms with E-state index in [-0.39, 0.29) is 0 Å². The van der Waals surface area contributed by atoms with Crippen molar-refractivity contribution >= 4 is 44.6 Å². The second-order valence-electron chi connectivity index (χ2n) is 5.25. The van der Waals surface area contributed by atoms with Crippen LogP contribution in [0, 0.1) is 6.92 Å². The van der Waals surface area contributed by atoms with E-state index in [1.165, 1.54) is 4.70 Å². The zero-order valence-corrected chi connectivity index (χ0v) is 14.2. The maximum absolute atomic E-state index is 5.35. The van der Waals surface area contributed by atoms with Gasteiger partial charge < -0.3 is 15.4 Å². The van der Waals surface area contributed by atoms with Crippen LogP contribution >= 0.6 is 23.6 Å². The number of aryl methyl sites for hydroxylation is 1. The van der Waals surface area contributed by atoms with Gasteiger partial charge in [0.05, 0.1) is 28.4 Å². The Morgan fingerprint density at radius 1 is 1.41 bits per heavy atom. The Hall–Kier alpha value is -1.28. The van der Waals surface area contributed by atoms with E-state index in [0.717, 1.165) is 55.6 Å². The van der Waals surface area contributed by atoms with Crippen molar-refractivity contribution in [3.63, 3.8) is 0 Å². The standard InChI is InChI=1S/C15H20N4OS2/c1-11-17-13-3-2-12(10-14(13)22-11)18-15(21)16-4-5-19-6-8-20-9-7-19/h2-3,10H,4-9H2,1H3,(H2,16,18,21). The summed E-state index contributed by atoms with van der Waals surface area (Å²) in [6.45, 7) is 7.52. The number of aromatic nitrogens is 1. The average Bonchev–Trinajstić information content (AvgIpc) is 2.87. The minimum atomic E-state index is 0.661. The lowest BCUT2D eigenvalue weighted by atomic mass is 10.3. The molecule has 5 nitrogen and oxygen atoms in total. The number of morpholine rings is 1. The summed E-state index contributed by atoms with van der Waals surface area (Å²) < 4.78 is 6.52. The van der Waals surface area contributed by atoms with Gasteiger partial charge in [-0.05, 0) is 37.3 Å². The maximum atomic E-state index is 5.35. The molecule has 1 fully saturated rings. The van der Waals surface area contributed by atoms with Gasteiger partial charge in [-0.1, -0.05) is 0 Å². The number of fused-ring (bicyclic) bond motifs is 1. The van der Waals surface area contributed by atoms with Crippen LogP contribution in [0.2, 0.25) is 0 Å². The normalized spacial score (nSPS) is 15.9. The molecule has 2 N–H and O–H groups in total. The lowest BCUT2D eigenvalue weighted by Crippen LogP contribution is -2.42. The fourth-order valence-corrected chi connectivity index (χ4v) is 3.53. The molecule has 2 aromatic rings. The Morgan fingerprint density at radius 2 is 2.23 bits per heavy atom. The topological polar surface area (TPSA) is 49.4 Å². The molecule has 22 heavy (non-hydrogen) atoms. The van der Waals surface area contributed by atoms with Crippen molar-refractivity contribution in [3.05, 3.63) is 23.2 Å². The van der Waals surface area contributed by atoms with E-state index < -0.39 is 0 Å². The Labute approximate surface area is 139 Å². The highest BCUT2D eigenvalue weighted by Crippen LogP contribution is 2.24. The molecule has 1 aromatic carbocycles. The summed E-state index contributed by atoms with van der Waals surface area (Å²) in [6.07, 6.45) is 0. The Kier molecular flexibility index (Phi) is 5.20. The minimum absolute atomic E-state index is 0.661. The van der Waals surface area contributed by atoms with Gasteiger partial charge >= 0.3 is 0 Å². The molecule has 7 heteroatoms. The first-order valence-corrected chi connectivity index (χ1v) is 8.65. The van der Waals surface area contributed by atoms with Crippen LogP contribution in [0.25, 0.3) is 10.2 Å². The van der Waals surface area contributed by atoms with Crippen LogP contribution in [0.1, 0.15) is 5.01 Å². The molecule has 0 spiro atoms. The van der Waals surface area contributed by atoms with Gasteiger partial charge in [-0.15, -0.1) is 11.3 Å². The van der Waals surface area contributed by atoms with Gasteiger partial charge in [-0.3, -0.25) is 4.90 Å². The van der Waals surface area contributed by atoms with Crippen molar-refractivity contribution in [2.75, 3.05) is 44.7 Å². The number of nitrogens with one attached hydrogen (secondary N) is 2. The van der Waals surface area contributed by atoms with Crippen LogP contribution in [-0.2, 0) is 4.74 Å². The Bertz CT molecular complexity index is 652. The second kappa shape index (κ2) is 7.32. The maximum Gasteiger partial charge on any atom is 0.170 e. The van der Waals surface area contributed by atoms with Crippen LogP contribution in [0.4, 0.5) is 5.69 Å². The van der Waals surface area contributed by atoms with Crippen LogP contribution in [0.5, 0.6) is 0 Å². The highest BCUT2D eigenvalue weighted by atomic mass is 32.1. The third kappa shape index (κ3) is 4.13. The molecule has 0 amide bonds. The Morgan fingerprint density at radius 3 is 3.05 bits per heavy atom. The summed E-state index contributed by atoms with van der Waals surface area (Å²) in [6, 6.07) is 6.13. The third-order valence-electron chi connectivity index (χ3n) is 3.57. The fourth-order valence-electron chi connectivity index (χ4n) is 2.45. The van der Waals surface area contributed by atoms with Crippen molar-refractivity contribution in [2.24, 2.45) is 0 Å².